The zero-order chi connectivity index (χ0) is 12.7. The van der Waals surface area contributed by atoms with Crippen molar-refractivity contribution in [2.75, 3.05) is 11.5 Å². The molecule has 17 heavy (non-hydrogen) atoms. The fraction of sp³-hybridized carbons (Fsp3) is 0.462. The van der Waals surface area contributed by atoms with E-state index in [1.165, 1.54) is 12.1 Å². The van der Waals surface area contributed by atoms with Crippen LogP contribution in [0.2, 0.25) is 0 Å². The van der Waals surface area contributed by atoms with Crippen LogP contribution in [0.4, 0.5) is 4.39 Å². The van der Waals surface area contributed by atoms with Crippen molar-refractivity contribution in [3.05, 3.63) is 35.6 Å². The lowest BCUT2D eigenvalue weighted by atomic mass is 9.97. The number of benzene rings is 1. The fourth-order valence-corrected chi connectivity index (χ4v) is 2.37. The molecule has 1 aromatic carbocycles. The molecule has 0 aromatic heterocycles. The fourth-order valence-electron chi connectivity index (χ4n) is 1.63. The van der Waals surface area contributed by atoms with Crippen LogP contribution in [0.5, 0.6) is 0 Å². The Morgan fingerprint density at radius 2 is 2.29 bits per heavy atom. The minimum absolute atomic E-state index is 0.311. The zero-order valence-electron chi connectivity index (χ0n) is 9.86. The first-order valence-electron chi connectivity index (χ1n) is 5.68. The highest BCUT2D eigenvalue weighted by Crippen LogP contribution is 2.16. The number of aliphatic carboxylic acids is 1. The third kappa shape index (κ3) is 5.22. The van der Waals surface area contributed by atoms with E-state index in [1.807, 2.05) is 6.92 Å². The van der Waals surface area contributed by atoms with Crippen LogP contribution in [0.1, 0.15) is 18.9 Å². The molecule has 1 unspecified atom stereocenters. The van der Waals surface area contributed by atoms with Gasteiger partial charge in [0.25, 0.3) is 0 Å². The molecule has 0 bridgehead atoms. The Morgan fingerprint density at radius 3 is 2.88 bits per heavy atom. The summed E-state index contributed by atoms with van der Waals surface area (Å²) in [6.07, 6.45) is 1.03. The van der Waals surface area contributed by atoms with Crippen molar-refractivity contribution in [1.29, 1.82) is 0 Å². The van der Waals surface area contributed by atoms with Gasteiger partial charge in [-0.1, -0.05) is 19.1 Å². The van der Waals surface area contributed by atoms with E-state index in [4.69, 9.17) is 5.11 Å². The van der Waals surface area contributed by atoms with Crippen LogP contribution >= 0.6 is 11.8 Å². The van der Waals surface area contributed by atoms with Crippen LogP contribution in [-0.2, 0) is 11.2 Å². The van der Waals surface area contributed by atoms with E-state index >= 15 is 0 Å². The predicted molar refractivity (Wildman–Crippen MR) is 68.8 cm³/mol. The molecule has 1 N–H and O–H groups in total. The van der Waals surface area contributed by atoms with Gasteiger partial charge in [0, 0.05) is 0 Å². The Bertz CT molecular complexity index is 368. The first-order valence-corrected chi connectivity index (χ1v) is 6.84. The first-order chi connectivity index (χ1) is 8.13. The van der Waals surface area contributed by atoms with Crippen molar-refractivity contribution in [3.63, 3.8) is 0 Å². The van der Waals surface area contributed by atoms with Crippen molar-refractivity contribution in [3.8, 4) is 0 Å². The number of hydrogen-bond donors (Lipinski definition) is 1. The summed E-state index contributed by atoms with van der Waals surface area (Å²) in [5, 5.41) is 9.10. The van der Waals surface area contributed by atoms with Crippen LogP contribution in [0.25, 0.3) is 0 Å². The second kappa shape index (κ2) is 7.33. The van der Waals surface area contributed by atoms with Crippen molar-refractivity contribution in [2.45, 2.75) is 19.8 Å². The minimum atomic E-state index is -0.800. The number of rotatable bonds is 7. The molecule has 0 fully saturated rings. The van der Waals surface area contributed by atoms with Crippen LogP contribution in [0.3, 0.4) is 0 Å². The highest BCUT2D eigenvalue weighted by Gasteiger charge is 2.17. The summed E-state index contributed by atoms with van der Waals surface area (Å²) >= 11 is 1.73. The van der Waals surface area contributed by atoms with E-state index in [2.05, 4.69) is 0 Å². The van der Waals surface area contributed by atoms with Gasteiger partial charge in [-0.2, -0.15) is 11.8 Å². The van der Waals surface area contributed by atoms with Crippen molar-refractivity contribution < 1.29 is 14.3 Å². The van der Waals surface area contributed by atoms with E-state index in [0.717, 1.165) is 17.1 Å². The smallest absolute Gasteiger partial charge is 0.306 e. The van der Waals surface area contributed by atoms with Gasteiger partial charge in [-0.15, -0.1) is 0 Å². The maximum Gasteiger partial charge on any atom is 0.306 e. The topological polar surface area (TPSA) is 37.3 Å². The van der Waals surface area contributed by atoms with E-state index in [0.29, 0.717) is 12.8 Å². The van der Waals surface area contributed by atoms with Gasteiger partial charge in [0.15, 0.2) is 0 Å². The molecule has 0 aliphatic heterocycles. The number of carboxylic acid groups (broad SMARTS) is 1. The Hall–Kier alpha value is -1.03. The zero-order valence-corrected chi connectivity index (χ0v) is 10.7. The lowest BCUT2D eigenvalue weighted by Gasteiger charge is -2.11. The molecule has 0 amide bonds. The van der Waals surface area contributed by atoms with Gasteiger partial charge in [-0.25, -0.2) is 4.39 Å². The average molecular weight is 256 g/mol. The van der Waals surface area contributed by atoms with Gasteiger partial charge in [0.2, 0.25) is 0 Å². The molecular formula is C13H17FO2S. The Labute approximate surface area is 105 Å². The number of carboxylic acids is 1. The van der Waals surface area contributed by atoms with Crippen LogP contribution in [0, 0.1) is 11.7 Å². The molecule has 0 radical (unpaired) electrons. The molecule has 2 nitrogen and oxygen atoms in total. The number of carbonyl (C=O) groups is 1. The maximum absolute atomic E-state index is 13.0. The SMILES string of the molecule is CCSCCC(Cc1cccc(F)c1)C(=O)O. The molecule has 0 aliphatic carbocycles. The van der Waals surface area contributed by atoms with Gasteiger partial charge in [-0.3, -0.25) is 4.79 Å². The molecule has 0 saturated carbocycles. The highest BCUT2D eigenvalue weighted by molar-refractivity contribution is 7.99. The number of thioether (sulfide) groups is 1. The van der Waals surface area contributed by atoms with Gasteiger partial charge < -0.3 is 5.11 Å². The van der Waals surface area contributed by atoms with Crippen LogP contribution in [-0.4, -0.2) is 22.6 Å². The molecule has 0 heterocycles. The van der Waals surface area contributed by atoms with Gasteiger partial charge >= 0.3 is 5.97 Å². The third-order valence-corrected chi connectivity index (χ3v) is 3.47. The Balaban J connectivity index is 2.57. The van der Waals surface area contributed by atoms with Gasteiger partial charge in [0.05, 0.1) is 5.92 Å². The normalized spacial score (nSPS) is 12.4. The molecule has 0 spiro atoms. The molecule has 94 valence electrons. The summed E-state index contributed by atoms with van der Waals surface area (Å²) in [4.78, 5) is 11.1. The average Bonchev–Trinajstić information content (AvgIpc) is 2.28. The minimum Gasteiger partial charge on any atom is -0.481 e. The molecule has 1 aromatic rings. The molecule has 0 aliphatic rings. The second-order valence-corrected chi connectivity index (χ2v) is 5.25. The van der Waals surface area contributed by atoms with Gasteiger partial charge in [0.1, 0.15) is 5.82 Å². The molecule has 1 rings (SSSR count). The maximum atomic E-state index is 13.0. The Morgan fingerprint density at radius 1 is 1.53 bits per heavy atom. The van der Waals surface area contributed by atoms with E-state index in [1.54, 1.807) is 23.9 Å². The monoisotopic (exact) mass is 256 g/mol. The molecule has 1 atom stereocenters. The van der Waals surface area contributed by atoms with Crippen LogP contribution in [0.15, 0.2) is 24.3 Å². The molecule has 0 saturated heterocycles. The van der Waals surface area contributed by atoms with Gasteiger partial charge in [-0.05, 0) is 42.0 Å². The third-order valence-electron chi connectivity index (χ3n) is 2.54. The van der Waals surface area contributed by atoms with Crippen molar-refractivity contribution in [2.24, 2.45) is 5.92 Å². The largest absolute Gasteiger partial charge is 0.481 e. The number of halogens is 1. The molecular weight excluding hydrogens is 239 g/mol. The summed E-state index contributed by atoms with van der Waals surface area (Å²) in [6.45, 7) is 2.05. The summed E-state index contributed by atoms with van der Waals surface area (Å²) in [5.41, 5.74) is 0.749. The first kappa shape index (κ1) is 14.0. The van der Waals surface area contributed by atoms with Crippen LogP contribution < -0.4 is 0 Å². The van der Waals surface area contributed by atoms with Crippen molar-refractivity contribution >= 4 is 17.7 Å². The lowest BCUT2D eigenvalue weighted by molar-refractivity contribution is -0.141. The highest BCUT2D eigenvalue weighted by atomic mass is 32.2. The standard InChI is InChI=1S/C13H17FO2S/c1-2-17-7-6-11(13(15)16)8-10-4-3-5-12(14)9-10/h3-5,9,11H,2,6-8H2,1H3,(H,15,16). The summed E-state index contributed by atoms with van der Waals surface area (Å²) in [5.74, 6) is 0.297. The summed E-state index contributed by atoms with van der Waals surface area (Å²) in [6, 6.07) is 6.16. The number of hydrogen-bond acceptors (Lipinski definition) is 2. The quantitative estimate of drug-likeness (QED) is 0.761. The summed E-state index contributed by atoms with van der Waals surface area (Å²) in [7, 11) is 0. The van der Waals surface area contributed by atoms with E-state index in [-0.39, 0.29) is 5.82 Å². The lowest BCUT2D eigenvalue weighted by Crippen LogP contribution is -2.17. The molecule has 4 heteroatoms. The van der Waals surface area contributed by atoms with Crippen molar-refractivity contribution in [1.82, 2.24) is 0 Å². The second-order valence-electron chi connectivity index (χ2n) is 3.85. The predicted octanol–water partition coefficient (Wildman–Crippen LogP) is 3.21. The van der Waals surface area contributed by atoms with E-state index < -0.39 is 11.9 Å². The van der Waals surface area contributed by atoms with E-state index in [9.17, 15) is 9.18 Å². The summed E-state index contributed by atoms with van der Waals surface area (Å²) < 4.78 is 13.0. The Kier molecular flexibility index (Phi) is 6.05.